The number of nitrogens with zero attached hydrogens (tertiary/aromatic N) is 1. The highest BCUT2D eigenvalue weighted by Gasteiger charge is 2.07. The Morgan fingerprint density at radius 2 is 1.94 bits per heavy atom. The minimum absolute atomic E-state index is 0.0971. The van der Waals surface area contributed by atoms with Gasteiger partial charge in [-0.2, -0.15) is 0 Å². The van der Waals surface area contributed by atoms with E-state index in [0.717, 1.165) is 0 Å². The van der Waals surface area contributed by atoms with Gasteiger partial charge in [0.2, 0.25) is 5.91 Å². The lowest BCUT2D eigenvalue weighted by Crippen LogP contribution is -2.30. The van der Waals surface area contributed by atoms with Crippen LogP contribution in [0.1, 0.15) is 10.4 Å². The van der Waals surface area contributed by atoms with Gasteiger partial charge in [0.15, 0.2) is 0 Å². The Bertz CT molecular complexity index is 465. The number of hydrogen-bond donors (Lipinski definition) is 2. The van der Waals surface area contributed by atoms with E-state index in [0.29, 0.717) is 5.56 Å². The zero-order valence-corrected chi connectivity index (χ0v) is 9.11. The highest BCUT2D eigenvalue weighted by Crippen LogP contribution is 1.95. The molecule has 0 unspecified atom stereocenters. The molecule has 0 radical (unpaired) electrons. The molecule has 0 aromatic carbocycles. The Balaban J connectivity index is 3.04. The minimum Gasteiger partial charge on any atom is -0.358 e. The fourth-order valence-corrected chi connectivity index (χ4v) is 1.17. The van der Waals surface area contributed by atoms with E-state index >= 15 is 0 Å². The van der Waals surface area contributed by atoms with Gasteiger partial charge in [-0.3, -0.25) is 14.4 Å². The summed E-state index contributed by atoms with van der Waals surface area (Å²) >= 11 is 0. The van der Waals surface area contributed by atoms with Crippen molar-refractivity contribution in [3.05, 3.63) is 34.2 Å². The Morgan fingerprint density at radius 1 is 1.25 bits per heavy atom. The van der Waals surface area contributed by atoms with Crippen LogP contribution in [-0.4, -0.2) is 30.5 Å². The topological polar surface area (TPSA) is 80.2 Å². The second-order valence-corrected chi connectivity index (χ2v) is 3.14. The predicted octanol–water partition coefficient (Wildman–Crippen LogP) is -1.05. The molecule has 1 rings (SSSR count). The zero-order valence-electron chi connectivity index (χ0n) is 9.11. The number of amides is 2. The third-order valence-corrected chi connectivity index (χ3v) is 2.07. The van der Waals surface area contributed by atoms with Crippen LogP contribution in [0.2, 0.25) is 0 Å². The summed E-state index contributed by atoms with van der Waals surface area (Å²) in [6, 6.07) is 2.68. The van der Waals surface area contributed by atoms with E-state index in [1.807, 2.05) is 0 Å². The molecule has 0 spiro atoms. The lowest BCUT2D eigenvalue weighted by molar-refractivity contribution is -0.121. The van der Waals surface area contributed by atoms with Crippen molar-refractivity contribution >= 4 is 11.8 Å². The smallest absolute Gasteiger partial charge is 0.252 e. The molecular formula is C10H13N3O3. The zero-order chi connectivity index (χ0) is 12.1. The van der Waals surface area contributed by atoms with Crippen molar-refractivity contribution in [2.75, 3.05) is 14.1 Å². The maximum Gasteiger partial charge on any atom is 0.252 e. The number of carbonyl (C=O) groups is 2. The number of likely N-dealkylation sites (N-methyl/N-ethyl adjacent to an activating group) is 1. The maximum absolute atomic E-state index is 11.4. The molecule has 0 saturated carbocycles. The van der Waals surface area contributed by atoms with Crippen LogP contribution in [0.5, 0.6) is 0 Å². The van der Waals surface area contributed by atoms with Crippen molar-refractivity contribution in [1.82, 2.24) is 15.2 Å². The van der Waals surface area contributed by atoms with Crippen LogP contribution < -0.4 is 16.2 Å². The Kier molecular flexibility index (Phi) is 3.82. The molecule has 6 nitrogen and oxygen atoms in total. The predicted molar refractivity (Wildman–Crippen MR) is 58.2 cm³/mol. The van der Waals surface area contributed by atoms with Crippen LogP contribution in [-0.2, 0) is 11.3 Å². The molecule has 2 N–H and O–H groups in total. The number of carbonyl (C=O) groups excluding carboxylic acids is 2. The molecule has 1 heterocycles. The van der Waals surface area contributed by atoms with Gasteiger partial charge < -0.3 is 15.2 Å². The highest BCUT2D eigenvalue weighted by atomic mass is 16.2. The molecule has 0 fully saturated rings. The highest BCUT2D eigenvalue weighted by molar-refractivity contribution is 5.93. The fraction of sp³-hybridized carbons (Fsp3) is 0.300. The van der Waals surface area contributed by atoms with E-state index in [1.165, 1.54) is 37.0 Å². The molecule has 0 aliphatic rings. The summed E-state index contributed by atoms with van der Waals surface area (Å²) in [5, 5.41) is 4.84. The van der Waals surface area contributed by atoms with Crippen LogP contribution >= 0.6 is 0 Å². The van der Waals surface area contributed by atoms with E-state index in [2.05, 4.69) is 10.6 Å². The molecule has 1 aromatic heterocycles. The molecule has 0 saturated heterocycles. The first-order valence-electron chi connectivity index (χ1n) is 4.71. The Labute approximate surface area is 92.3 Å². The van der Waals surface area contributed by atoms with Gasteiger partial charge in [-0.05, 0) is 6.07 Å². The summed E-state index contributed by atoms with van der Waals surface area (Å²) in [7, 11) is 2.98. The van der Waals surface area contributed by atoms with Gasteiger partial charge in [0.05, 0.1) is 5.56 Å². The van der Waals surface area contributed by atoms with Crippen molar-refractivity contribution in [3.8, 4) is 0 Å². The van der Waals surface area contributed by atoms with Gasteiger partial charge >= 0.3 is 0 Å². The molecule has 16 heavy (non-hydrogen) atoms. The van der Waals surface area contributed by atoms with E-state index in [-0.39, 0.29) is 23.9 Å². The van der Waals surface area contributed by atoms with Crippen molar-refractivity contribution in [2.45, 2.75) is 6.54 Å². The molecule has 0 aliphatic carbocycles. The number of nitrogens with one attached hydrogen (secondary N) is 2. The summed E-state index contributed by atoms with van der Waals surface area (Å²) in [6.45, 7) is -0.0971. The SMILES string of the molecule is CNC(=O)Cn1cc(C(=O)NC)ccc1=O. The summed E-state index contributed by atoms with van der Waals surface area (Å²) < 4.78 is 1.18. The van der Waals surface area contributed by atoms with Crippen molar-refractivity contribution in [2.24, 2.45) is 0 Å². The number of hydrogen-bond acceptors (Lipinski definition) is 3. The average Bonchev–Trinajstić information content (AvgIpc) is 2.30. The minimum atomic E-state index is -0.323. The van der Waals surface area contributed by atoms with Crippen LogP contribution in [0, 0.1) is 0 Å². The Hall–Kier alpha value is -2.11. The van der Waals surface area contributed by atoms with Crippen LogP contribution in [0.25, 0.3) is 0 Å². The lowest BCUT2D eigenvalue weighted by atomic mass is 10.2. The average molecular weight is 223 g/mol. The van der Waals surface area contributed by atoms with Crippen molar-refractivity contribution < 1.29 is 9.59 Å². The molecule has 0 bridgehead atoms. The quantitative estimate of drug-likeness (QED) is 0.686. The monoisotopic (exact) mass is 223 g/mol. The van der Waals surface area contributed by atoms with Crippen LogP contribution in [0.4, 0.5) is 0 Å². The Morgan fingerprint density at radius 3 is 2.50 bits per heavy atom. The van der Waals surface area contributed by atoms with E-state index < -0.39 is 0 Å². The molecule has 2 amide bonds. The second kappa shape index (κ2) is 5.11. The molecular weight excluding hydrogens is 210 g/mol. The van der Waals surface area contributed by atoms with Crippen LogP contribution in [0.15, 0.2) is 23.1 Å². The fourth-order valence-electron chi connectivity index (χ4n) is 1.17. The first-order chi connectivity index (χ1) is 7.58. The summed E-state index contributed by atoms with van der Waals surface area (Å²) in [5.41, 5.74) is 0.0160. The summed E-state index contributed by atoms with van der Waals surface area (Å²) in [4.78, 5) is 33.8. The maximum atomic E-state index is 11.4. The molecule has 6 heteroatoms. The molecule has 0 aliphatic heterocycles. The first-order valence-corrected chi connectivity index (χ1v) is 4.71. The van der Waals surface area contributed by atoms with Crippen molar-refractivity contribution in [1.29, 1.82) is 0 Å². The second-order valence-electron chi connectivity index (χ2n) is 3.14. The van der Waals surface area contributed by atoms with Crippen LogP contribution in [0.3, 0.4) is 0 Å². The normalized spacial score (nSPS) is 9.62. The summed E-state index contributed by atoms with van der Waals surface area (Å²) in [6.07, 6.45) is 1.36. The third kappa shape index (κ3) is 2.69. The lowest BCUT2D eigenvalue weighted by Gasteiger charge is -2.06. The number of aromatic nitrogens is 1. The largest absolute Gasteiger partial charge is 0.358 e. The molecule has 86 valence electrons. The van der Waals surface area contributed by atoms with Gasteiger partial charge in [0, 0.05) is 26.4 Å². The first kappa shape index (κ1) is 12.0. The van der Waals surface area contributed by atoms with E-state index in [4.69, 9.17) is 0 Å². The third-order valence-electron chi connectivity index (χ3n) is 2.07. The number of rotatable bonds is 3. The summed E-state index contributed by atoms with van der Waals surface area (Å²) in [5.74, 6) is -0.596. The number of pyridine rings is 1. The van der Waals surface area contributed by atoms with Gasteiger partial charge in [-0.1, -0.05) is 0 Å². The van der Waals surface area contributed by atoms with Gasteiger partial charge in [-0.15, -0.1) is 0 Å². The standard InChI is InChI=1S/C10H13N3O3/c1-11-8(14)6-13-5-7(10(16)12-2)3-4-9(13)15/h3-5H,6H2,1-2H3,(H,11,14)(H,12,16). The molecule has 0 atom stereocenters. The van der Waals surface area contributed by atoms with Gasteiger partial charge in [0.25, 0.3) is 11.5 Å². The van der Waals surface area contributed by atoms with E-state index in [9.17, 15) is 14.4 Å². The molecule has 1 aromatic rings. The van der Waals surface area contributed by atoms with Gasteiger partial charge in [0.1, 0.15) is 6.54 Å². The van der Waals surface area contributed by atoms with E-state index in [1.54, 1.807) is 0 Å². The van der Waals surface area contributed by atoms with Crippen molar-refractivity contribution in [3.63, 3.8) is 0 Å². The van der Waals surface area contributed by atoms with Gasteiger partial charge in [-0.25, -0.2) is 0 Å².